The molecule has 19 heavy (non-hydrogen) atoms. The standard InChI is InChI=1S/C17H12N2/c1-2-7-15-12-19(11-14(15)6-1)17-10-9-13-5-3-4-8-16(13)18-17/h1-12H. The van der Waals surface area contributed by atoms with Crippen LogP contribution in [-0.4, -0.2) is 9.55 Å². The van der Waals surface area contributed by atoms with E-state index in [-0.39, 0.29) is 0 Å². The third-order valence-electron chi connectivity index (χ3n) is 3.40. The molecule has 2 heterocycles. The van der Waals surface area contributed by atoms with Crippen LogP contribution in [0.4, 0.5) is 0 Å². The Kier molecular flexibility index (Phi) is 2.15. The van der Waals surface area contributed by atoms with E-state index in [0.717, 1.165) is 11.3 Å². The average Bonchev–Trinajstić information content (AvgIpc) is 2.90. The van der Waals surface area contributed by atoms with Gasteiger partial charge in [-0.25, -0.2) is 4.98 Å². The van der Waals surface area contributed by atoms with Crippen LogP contribution in [0.15, 0.2) is 73.1 Å². The fourth-order valence-electron chi connectivity index (χ4n) is 2.41. The highest BCUT2D eigenvalue weighted by atomic mass is 15.0. The van der Waals surface area contributed by atoms with E-state index in [1.807, 2.05) is 18.2 Å². The Labute approximate surface area is 110 Å². The van der Waals surface area contributed by atoms with E-state index in [9.17, 15) is 0 Å². The molecule has 0 radical (unpaired) electrons. The first kappa shape index (κ1) is 10.3. The minimum absolute atomic E-state index is 0.954. The zero-order chi connectivity index (χ0) is 12.7. The number of fused-ring (bicyclic) bond motifs is 2. The Hall–Kier alpha value is -2.61. The Morgan fingerprint density at radius 2 is 1.26 bits per heavy atom. The van der Waals surface area contributed by atoms with Crippen LogP contribution >= 0.6 is 0 Å². The summed E-state index contributed by atoms with van der Waals surface area (Å²) in [5.74, 6) is 0.954. The molecule has 0 aliphatic heterocycles. The lowest BCUT2D eigenvalue weighted by Crippen LogP contribution is -1.93. The second kappa shape index (κ2) is 3.95. The lowest BCUT2D eigenvalue weighted by atomic mass is 10.2. The van der Waals surface area contributed by atoms with E-state index in [1.54, 1.807) is 0 Å². The van der Waals surface area contributed by atoms with Crippen molar-refractivity contribution in [1.29, 1.82) is 0 Å². The summed E-state index contributed by atoms with van der Waals surface area (Å²) in [6.45, 7) is 0. The van der Waals surface area contributed by atoms with Gasteiger partial charge in [0.1, 0.15) is 5.82 Å². The molecule has 0 fully saturated rings. The van der Waals surface area contributed by atoms with E-state index >= 15 is 0 Å². The Morgan fingerprint density at radius 3 is 2.00 bits per heavy atom. The number of hydrogen-bond donors (Lipinski definition) is 0. The van der Waals surface area contributed by atoms with Gasteiger partial charge in [0.25, 0.3) is 0 Å². The molecule has 0 saturated heterocycles. The Morgan fingerprint density at radius 1 is 0.632 bits per heavy atom. The van der Waals surface area contributed by atoms with Crippen molar-refractivity contribution >= 4 is 21.7 Å². The molecule has 0 aliphatic rings. The average molecular weight is 244 g/mol. The van der Waals surface area contributed by atoms with Crippen molar-refractivity contribution in [2.45, 2.75) is 0 Å². The maximum atomic E-state index is 4.70. The van der Waals surface area contributed by atoms with Crippen LogP contribution < -0.4 is 0 Å². The van der Waals surface area contributed by atoms with Crippen molar-refractivity contribution in [2.75, 3.05) is 0 Å². The molecule has 2 aromatic heterocycles. The summed E-state index contributed by atoms with van der Waals surface area (Å²) in [5, 5.41) is 3.64. The number of hydrogen-bond acceptors (Lipinski definition) is 1. The first-order valence-corrected chi connectivity index (χ1v) is 6.33. The minimum Gasteiger partial charge on any atom is -0.307 e. The Bertz CT molecular complexity index is 841. The molecule has 0 spiro atoms. The van der Waals surface area contributed by atoms with Gasteiger partial charge in [-0.15, -0.1) is 0 Å². The molecule has 0 amide bonds. The summed E-state index contributed by atoms with van der Waals surface area (Å²) in [6.07, 6.45) is 4.24. The summed E-state index contributed by atoms with van der Waals surface area (Å²) in [6, 6.07) is 20.7. The van der Waals surface area contributed by atoms with Crippen LogP contribution in [0.3, 0.4) is 0 Å². The number of rotatable bonds is 1. The van der Waals surface area contributed by atoms with E-state index in [1.165, 1.54) is 16.2 Å². The highest BCUT2D eigenvalue weighted by molar-refractivity contribution is 5.83. The lowest BCUT2D eigenvalue weighted by molar-refractivity contribution is 1.03. The largest absolute Gasteiger partial charge is 0.307 e. The van der Waals surface area contributed by atoms with Crippen molar-refractivity contribution in [3.8, 4) is 5.82 Å². The summed E-state index contributed by atoms with van der Waals surface area (Å²) in [4.78, 5) is 4.70. The van der Waals surface area contributed by atoms with Gasteiger partial charge in [0.05, 0.1) is 5.52 Å². The molecule has 0 aliphatic carbocycles. The number of pyridine rings is 1. The molecule has 0 N–H and O–H groups in total. The fraction of sp³-hybridized carbons (Fsp3) is 0. The second-order valence-electron chi connectivity index (χ2n) is 4.66. The molecule has 4 rings (SSSR count). The number of nitrogens with zero attached hydrogens (tertiary/aromatic N) is 2. The van der Waals surface area contributed by atoms with Crippen LogP contribution in [0, 0.1) is 0 Å². The van der Waals surface area contributed by atoms with Gasteiger partial charge in [0.15, 0.2) is 0 Å². The molecule has 90 valence electrons. The maximum Gasteiger partial charge on any atom is 0.137 e. The first-order chi connectivity index (χ1) is 9.40. The van der Waals surface area contributed by atoms with Gasteiger partial charge in [-0.2, -0.15) is 0 Å². The SMILES string of the molecule is c1ccc2cn(-c3ccc4ccccc4n3)cc2c1. The zero-order valence-electron chi connectivity index (χ0n) is 10.3. The van der Waals surface area contributed by atoms with Crippen LogP contribution in [0.1, 0.15) is 0 Å². The topological polar surface area (TPSA) is 17.8 Å². The third kappa shape index (κ3) is 1.69. The summed E-state index contributed by atoms with van der Waals surface area (Å²) in [5.41, 5.74) is 1.03. The van der Waals surface area contributed by atoms with Gasteiger partial charge >= 0.3 is 0 Å². The lowest BCUT2D eigenvalue weighted by Gasteiger charge is -2.03. The van der Waals surface area contributed by atoms with E-state index in [4.69, 9.17) is 4.98 Å². The predicted molar refractivity (Wildman–Crippen MR) is 78.6 cm³/mol. The second-order valence-corrected chi connectivity index (χ2v) is 4.66. The maximum absolute atomic E-state index is 4.70. The monoisotopic (exact) mass is 244 g/mol. The van der Waals surface area contributed by atoms with Crippen molar-refractivity contribution in [2.24, 2.45) is 0 Å². The molecule has 4 aromatic rings. The van der Waals surface area contributed by atoms with Crippen LogP contribution in [-0.2, 0) is 0 Å². The fourth-order valence-corrected chi connectivity index (χ4v) is 2.41. The van der Waals surface area contributed by atoms with Gasteiger partial charge in [-0.05, 0) is 29.0 Å². The molecular formula is C17H12N2. The molecular weight excluding hydrogens is 232 g/mol. The Balaban J connectivity index is 1.93. The first-order valence-electron chi connectivity index (χ1n) is 6.33. The molecule has 0 unspecified atom stereocenters. The molecule has 0 bridgehead atoms. The summed E-state index contributed by atoms with van der Waals surface area (Å²) in [7, 11) is 0. The van der Waals surface area contributed by atoms with Crippen molar-refractivity contribution in [3.63, 3.8) is 0 Å². The van der Waals surface area contributed by atoms with Crippen molar-refractivity contribution in [1.82, 2.24) is 9.55 Å². The van der Waals surface area contributed by atoms with Gasteiger partial charge in [-0.1, -0.05) is 42.5 Å². The van der Waals surface area contributed by atoms with Gasteiger partial charge in [0.2, 0.25) is 0 Å². The smallest absolute Gasteiger partial charge is 0.137 e. The number of benzene rings is 2. The van der Waals surface area contributed by atoms with E-state index in [2.05, 4.69) is 59.4 Å². The molecule has 0 atom stereocenters. The van der Waals surface area contributed by atoms with Gasteiger partial charge < -0.3 is 4.57 Å². The normalized spacial score (nSPS) is 11.2. The predicted octanol–water partition coefficient (Wildman–Crippen LogP) is 4.18. The van der Waals surface area contributed by atoms with Crippen molar-refractivity contribution in [3.05, 3.63) is 73.1 Å². The van der Waals surface area contributed by atoms with Crippen LogP contribution in [0.2, 0.25) is 0 Å². The number of para-hydroxylation sites is 1. The van der Waals surface area contributed by atoms with E-state index < -0.39 is 0 Å². The third-order valence-corrected chi connectivity index (χ3v) is 3.40. The minimum atomic E-state index is 0.954. The summed E-state index contributed by atoms with van der Waals surface area (Å²) >= 11 is 0. The molecule has 2 heteroatoms. The summed E-state index contributed by atoms with van der Waals surface area (Å²) < 4.78 is 2.08. The van der Waals surface area contributed by atoms with Gasteiger partial charge in [-0.3, -0.25) is 0 Å². The van der Waals surface area contributed by atoms with Crippen molar-refractivity contribution < 1.29 is 0 Å². The number of aromatic nitrogens is 2. The van der Waals surface area contributed by atoms with Crippen LogP contribution in [0.25, 0.3) is 27.5 Å². The highest BCUT2D eigenvalue weighted by Gasteiger charge is 2.02. The van der Waals surface area contributed by atoms with Gasteiger partial charge in [0, 0.05) is 17.8 Å². The quantitative estimate of drug-likeness (QED) is 0.491. The molecule has 2 aromatic carbocycles. The molecule has 2 nitrogen and oxygen atoms in total. The molecule has 0 saturated carbocycles. The zero-order valence-corrected chi connectivity index (χ0v) is 10.3. The van der Waals surface area contributed by atoms with Crippen LogP contribution in [0.5, 0.6) is 0 Å². The highest BCUT2D eigenvalue weighted by Crippen LogP contribution is 2.19. The van der Waals surface area contributed by atoms with E-state index in [0.29, 0.717) is 0 Å².